The zero-order chi connectivity index (χ0) is 25.5. The van der Waals surface area contributed by atoms with E-state index in [-0.39, 0.29) is 0 Å². The second kappa shape index (κ2) is 11.9. The Balaban J connectivity index is 0.000000497. The Morgan fingerprint density at radius 1 is 1.24 bits per heavy atom. The summed E-state index contributed by atoms with van der Waals surface area (Å²) in [5, 5.41) is 0. The summed E-state index contributed by atoms with van der Waals surface area (Å²) in [5.41, 5.74) is 7.66. The molecule has 1 aromatic carbocycles. The Hall–Kier alpha value is -3.01. The van der Waals surface area contributed by atoms with Gasteiger partial charge < -0.3 is 4.90 Å². The first kappa shape index (κ1) is 27.2. The SMILES string of the molecule is C=C/C(=C\N(C)C)c1cccc(-c2nc(C)c(C(/C=C\C)=NC)cc2C)c1.CC1CC(C)(F)C1. The lowest BCUT2D eigenvalue weighted by Crippen LogP contribution is -2.34. The van der Waals surface area contributed by atoms with E-state index in [0.29, 0.717) is 5.92 Å². The monoisotopic (exact) mass is 461 g/mol. The highest BCUT2D eigenvalue weighted by Gasteiger charge is 2.37. The molecule has 1 saturated carbocycles. The summed E-state index contributed by atoms with van der Waals surface area (Å²) in [6, 6.07) is 10.6. The van der Waals surface area contributed by atoms with Crippen LogP contribution in [-0.4, -0.2) is 42.4 Å². The molecule has 1 aromatic heterocycles. The van der Waals surface area contributed by atoms with Gasteiger partial charge in [-0.2, -0.15) is 0 Å². The van der Waals surface area contributed by atoms with Gasteiger partial charge >= 0.3 is 0 Å². The van der Waals surface area contributed by atoms with E-state index in [2.05, 4.69) is 62.0 Å². The van der Waals surface area contributed by atoms with Crippen LogP contribution in [0.2, 0.25) is 0 Å². The van der Waals surface area contributed by atoms with Crippen LogP contribution in [0, 0.1) is 19.8 Å². The summed E-state index contributed by atoms with van der Waals surface area (Å²) in [6.07, 6.45) is 9.52. The molecule has 3 rings (SSSR count). The van der Waals surface area contributed by atoms with Crippen LogP contribution in [0.25, 0.3) is 16.8 Å². The summed E-state index contributed by atoms with van der Waals surface area (Å²) in [6.45, 7) is 13.9. The predicted octanol–water partition coefficient (Wildman–Crippen LogP) is 7.59. The van der Waals surface area contributed by atoms with Gasteiger partial charge in [-0.05, 0) is 81.4 Å². The molecule has 0 N–H and O–H groups in total. The molecule has 1 fully saturated rings. The summed E-state index contributed by atoms with van der Waals surface area (Å²) in [5.74, 6) is 0.634. The number of rotatable bonds is 6. The van der Waals surface area contributed by atoms with Crippen molar-refractivity contribution in [1.29, 1.82) is 0 Å². The average molecular weight is 462 g/mol. The van der Waals surface area contributed by atoms with E-state index in [1.807, 2.05) is 58.1 Å². The van der Waals surface area contributed by atoms with Gasteiger partial charge in [0.25, 0.3) is 0 Å². The molecule has 0 amide bonds. The molecule has 2 aromatic rings. The highest BCUT2D eigenvalue weighted by Crippen LogP contribution is 2.39. The molecule has 0 atom stereocenters. The third-order valence-corrected chi connectivity index (χ3v) is 5.88. The number of alkyl halides is 1. The molecule has 4 heteroatoms. The Morgan fingerprint density at radius 2 is 1.91 bits per heavy atom. The number of hydrogen-bond donors (Lipinski definition) is 0. The van der Waals surface area contributed by atoms with Crippen molar-refractivity contribution in [1.82, 2.24) is 9.88 Å². The molecule has 1 aliphatic carbocycles. The van der Waals surface area contributed by atoms with Crippen LogP contribution < -0.4 is 0 Å². The normalized spacial score (nSPS) is 20.4. The minimum Gasteiger partial charge on any atom is -0.383 e. The van der Waals surface area contributed by atoms with Crippen LogP contribution >= 0.6 is 0 Å². The van der Waals surface area contributed by atoms with Crippen LogP contribution in [0.15, 0.2) is 66.3 Å². The van der Waals surface area contributed by atoms with E-state index in [1.54, 1.807) is 6.92 Å². The van der Waals surface area contributed by atoms with Gasteiger partial charge in [0.05, 0.1) is 11.4 Å². The molecule has 0 bridgehead atoms. The summed E-state index contributed by atoms with van der Waals surface area (Å²) in [7, 11) is 5.84. The van der Waals surface area contributed by atoms with Gasteiger partial charge in [-0.3, -0.25) is 9.98 Å². The number of allylic oxidation sites excluding steroid dienone is 4. The van der Waals surface area contributed by atoms with Crippen molar-refractivity contribution in [3.8, 4) is 11.3 Å². The molecule has 0 saturated heterocycles. The van der Waals surface area contributed by atoms with E-state index in [4.69, 9.17) is 4.98 Å². The first-order valence-electron chi connectivity index (χ1n) is 11.9. The van der Waals surface area contributed by atoms with E-state index in [9.17, 15) is 4.39 Å². The van der Waals surface area contributed by atoms with Gasteiger partial charge in [0.15, 0.2) is 0 Å². The molecule has 1 heterocycles. The molecule has 0 radical (unpaired) electrons. The maximum Gasteiger partial charge on any atom is 0.108 e. The van der Waals surface area contributed by atoms with Crippen LogP contribution in [0.3, 0.4) is 0 Å². The number of hydrogen-bond acceptors (Lipinski definition) is 3. The largest absolute Gasteiger partial charge is 0.383 e. The van der Waals surface area contributed by atoms with Gasteiger partial charge in [-0.25, -0.2) is 4.39 Å². The maximum absolute atomic E-state index is 12.5. The lowest BCUT2D eigenvalue weighted by Gasteiger charge is -2.36. The molecule has 1 aliphatic rings. The molecule has 182 valence electrons. The highest BCUT2D eigenvalue weighted by atomic mass is 19.1. The Bertz CT molecular complexity index is 1080. The van der Waals surface area contributed by atoms with Crippen LogP contribution in [-0.2, 0) is 0 Å². The van der Waals surface area contributed by atoms with E-state index < -0.39 is 5.67 Å². The fraction of sp³-hybridized carbons (Fsp3) is 0.400. The quantitative estimate of drug-likeness (QED) is 0.327. The van der Waals surface area contributed by atoms with Crippen molar-refractivity contribution in [2.24, 2.45) is 10.9 Å². The van der Waals surface area contributed by atoms with Crippen molar-refractivity contribution >= 4 is 11.3 Å². The topological polar surface area (TPSA) is 28.5 Å². The Labute approximate surface area is 205 Å². The second-order valence-corrected chi connectivity index (χ2v) is 9.66. The molecule has 3 nitrogen and oxygen atoms in total. The zero-order valence-corrected chi connectivity index (χ0v) is 22.1. The van der Waals surface area contributed by atoms with Crippen LogP contribution in [0.5, 0.6) is 0 Å². The smallest absolute Gasteiger partial charge is 0.108 e. The average Bonchev–Trinajstić information content (AvgIpc) is 2.76. The summed E-state index contributed by atoms with van der Waals surface area (Å²) >= 11 is 0. The van der Waals surface area contributed by atoms with Crippen LogP contribution in [0.1, 0.15) is 56.0 Å². The van der Waals surface area contributed by atoms with Gasteiger partial charge in [-0.15, -0.1) is 0 Å². The number of aromatic nitrogens is 1. The summed E-state index contributed by atoms with van der Waals surface area (Å²) < 4.78 is 12.5. The van der Waals surface area contributed by atoms with Crippen molar-refractivity contribution in [2.45, 2.75) is 53.1 Å². The number of pyridine rings is 1. The van der Waals surface area contributed by atoms with Gasteiger partial charge in [0.1, 0.15) is 5.67 Å². The molecule has 0 spiro atoms. The van der Waals surface area contributed by atoms with Crippen molar-refractivity contribution in [3.63, 3.8) is 0 Å². The molecular formula is C30H40FN3. The number of aliphatic imine (C=N–C) groups is 1. The van der Waals surface area contributed by atoms with E-state index in [0.717, 1.165) is 57.8 Å². The third kappa shape index (κ3) is 7.24. The molecule has 0 unspecified atom stereocenters. The molecule has 0 aliphatic heterocycles. The van der Waals surface area contributed by atoms with Crippen LogP contribution in [0.4, 0.5) is 4.39 Å². The fourth-order valence-electron chi connectivity index (χ4n) is 4.46. The first-order chi connectivity index (χ1) is 16.0. The lowest BCUT2D eigenvalue weighted by atomic mass is 9.75. The number of benzene rings is 1. The fourth-order valence-corrected chi connectivity index (χ4v) is 4.46. The predicted molar refractivity (Wildman–Crippen MR) is 146 cm³/mol. The highest BCUT2D eigenvalue weighted by molar-refractivity contribution is 6.09. The third-order valence-electron chi connectivity index (χ3n) is 5.88. The van der Waals surface area contributed by atoms with Crippen molar-refractivity contribution in [2.75, 3.05) is 21.1 Å². The van der Waals surface area contributed by atoms with Gasteiger partial charge in [-0.1, -0.05) is 43.9 Å². The van der Waals surface area contributed by atoms with E-state index >= 15 is 0 Å². The van der Waals surface area contributed by atoms with E-state index in [1.165, 1.54) is 0 Å². The zero-order valence-electron chi connectivity index (χ0n) is 22.1. The standard InChI is InChI=1S/C24H29N3.C6H11F/c1-8-11-23(25-5)22-14-17(3)24(26-18(22)4)21-13-10-12-20(15-21)19(9-2)16-27(6)7;1-5-3-6(2,7)4-5/h8-16H,2H2,1,3-7H3;5H,3-4H2,1-2H3/b11-8-,19-16+,25-23?;. The Morgan fingerprint density at radius 3 is 2.38 bits per heavy atom. The first-order valence-corrected chi connectivity index (χ1v) is 11.9. The van der Waals surface area contributed by atoms with Crippen molar-refractivity contribution < 1.29 is 4.39 Å². The molecule has 34 heavy (non-hydrogen) atoms. The second-order valence-electron chi connectivity index (χ2n) is 9.66. The molecular weight excluding hydrogens is 421 g/mol. The van der Waals surface area contributed by atoms with Gasteiger partial charge in [0.2, 0.25) is 0 Å². The minimum absolute atomic E-state index is 0.634. The number of aryl methyl sites for hydroxylation is 2. The minimum atomic E-state index is -0.806. The lowest BCUT2D eigenvalue weighted by molar-refractivity contribution is 0.0347. The summed E-state index contributed by atoms with van der Waals surface area (Å²) in [4.78, 5) is 11.3. The maximum atomic E-state index is 12.5. The van der Waals surface area contributed by atoms with Crippen molar-refractivity contribution in [3.05, 3.63) is 83.7 Å². The van der Waals surface area contributed by atoms with Gasteiger partial charge in [0, 0.05) is 44.2 Å². The number of nitrogens with zero attached hydrogens (tertiary/aromatic N) is 3. The number of halogens is 1. The Kier molecular flexibility index (Phi) is 9.55.